The smallest absolute Gasteiger partial charge is 0.309 e. The summed E-state index contributed by atoms with van der Waals surface area (Å²) in [6.45, 7) is 5.05. The molecule has 0 bridgehead atoms. The molecule has 2 N–H and O–H groups in total. The zero-order chi connectivity index (χ0) is 25.2. The molecular formula is C28H33N5O3. The van der Waals surface area contributed by atoms with E-state index < -0.39 is 11.8 Å². The van der Waals surface area contributed by atoms with E-state index in [1.54, 1.807) is 13.3 Å². The number of piperazine rings is 1. The van der Waals surface area contributed by atoms with Crippen molar-refractivity contribution in [3.8, 4) is 5.75 Å². The van der Waals surface area contributed by atoms with Crippen molar-refractivity contribution < 1.29 is 14.3 Å². The van der Waals surface area contributed by atoms with Gasteiger partial charge in [-0.25, -0.2) is 0 Å². The van der Waals surface area contributed by atoms with Gasteiger partial charge in [-0.15, -0.1) is 0 Å². The molecule has 0 aliphatic carbocycles. The van der Waals surface area contributed by atoms with Gasteiger partial charge in [0, 0.05) is 63.8 Å². The number of ether oxygens (including phenoxy) is 1. The number of carbonyl (C=O) groups is 2. The fourth-order valence-corrected chi connectivity index (χ4v) is 4.48. The molecule has 4 rings (SSSR count). The van der Waals surface area contributed by atoms with E-state index in [9.17, 15) is 9.59 Å². The van der Waals surface area contributed by atoms with Crippen LogP contribution in [-0.4, -0.2) is 66.4 Å². The second kappa shape index (κ2) is 12.8. The topological polar surface area (TPSA) is 86.8 Å². The molecule has 8 nitrogen and oxygen atoms in total. The van der Waals surface area contributed by atoms with Crippen LogP contribution in [0.25, 0.3) is 0 Å². The first-order valence-corrected chi connectivity index (χ1v) is 12.2. The number of rotatable bonds is 9. The molecule has 1 aromatic heterocycles. The van der Waals surface area contributed by atoms with Crippen LogP contribution in [0.4, 0.5) is 0 Å². The number of amides is 2. The van der Waals surface area contributed by atoms with Gasteiger partial charge in [-0.3, -0.25) is 24.4 Å². The van der Waals surface area contributed by atoms with E-state index in [1.165, 1.54) is 5.56 Å². The number of carbonyl (C=O) groups excluding carboxylic acids is 2. The van der Waals surface area contributed by atoms with Crippen LogP contribution >= 0.6 is 0 Å². The van der Waals surface area contributed by atoms with Gasteiger partial charge in [0.1, 0.15) is 5.75 Å². The highest BCUT2D eigenvalue weighted by Gasteiger charge is 2.26. The molecule has 1 aliphatic heterocycles. The molecule has 0 spiro atoms. The van der Waals surface area contributed by atoms with Crippen LogP contribution in [0, 0.1) is 0 Å². The molecule has 0 saturated carbocycles. The van der Waals surface area contributed by atoms with E-state index in [1.807, 2.05) is 48.7 Å². The van der Waals surface area contributed by atoms with Crippen molar-refractivity contribution in [2.75, 3.05) is 39.8 Å². The summed E-state index contributed by atoms with van der Waals surface area (Å²) >= 11 is 0. The average molecular weight is 488 g/mol. The van der Waals surface area contributed by atoms with E-state index in [0.29, 0.717) is 12.3 Å². The predicted molar refractivity (Wildman–Crippen MR) is 138 cm³/mol. The Morgan fingerprint density at radius 2 is 1.64 bits per heavy atom. The minimum absolute atomic E-state index is 0.0662. The second-order valence-electron chi connectivity index (χ2n) is 8.80. The van der Waals surface area contributed by atoms with Gasteiger partial charge >= 0.3 is 11.8 Å². The molecule has 8 heteroatoms. The van der Waals surface area contributed by atoms with E-state index in [0.717, 1.165) is 43.9 Å². The van der Waals surface area contributed by atoms with Crippen LogP contribution in [0.5, 0.6) is 5.75 Å². The normalized spacial score (nSPS) is 15.1. The maximum absolute atomic E-state index is 12.6. The van der Waals surface area contributed by atoms with Crippen LogP contribution in [0.2, 0.25) is 0 Å². The summed E-state index contributed by atoms with van der Waals surface area (Å²) in [5.74, 6) is -0.652. The van der Waals surface area contributed by atoms with Crippen LogP contribution in [-0.2, 0) is 22.7 Å². The molecular weight excluding hydrogens is 454 g/mol. The van der Waals surface area contributed by atoms with Gasteiger partial charge in [0.25, 0.3) is 0 Å². The van der Waals surface area contributed by atoms with Gasteiger partial charge in [-0.1, -0.05) is 54.6 Å². The minimum atomic E-state index is -0.668. The molecule has 1 atom stereocenters. The first-order chi connectivity index (χ1) is 17.6. The fraction of sp³-hybridized carbons (Fsp3) is 0.321. The summed E-state index contributed by atoms with van der Waals surface area (Å²) in [7, 11) is 1.58. The van der Waals surface area contributed by atoms with Gasteiger partial charge in [-0.05, 0) is 23.3 Å². The maximum Gasteiger partial charge on any atom is 0.309 e. The number of nitrogens with one attached hydrogen (secondary N) is 2. The van der Waals surface area contributed by atoms with Gasteiger partial charge in [0.05, 0.1) is 13.2 Å². The third kappa shape index (κ3) is 6.90. The SMILES string of the molecule is COc1ccccc1CNC(=O)C(=O)NCC(c1cccnc1)N1CCN(Cc2ccccc2)CC1. The zero-order valence-corrected chi connectivity index (χ0v) is 20.6. The Hall–Kier alpha value is -3.75. The van der Waals surface area contributed by atoms with Crippen molar-refractivity contribution in [1.82, 2.24) is 25.4 Å². The molecule has 36 heavy (non-hydrogen) atoms. The number of nitrogens with zero attached hydrogens (tertiary/aromatic N) is 3. The highest BCUT2D eigenvalue weighted by molar-refractivity contribution is 6.35. The molecule has 2 heterocycles. The predicted octanol–water partition coefficient (Wildman–Crippen LogP) is 2.38. The Kier molecular flexibility index (Phi) is 9.02. The number of hydrogen-bond acceptors (Lipinski definition) is 6. The first kappa shape index (κ1) is 25.3. The summed E-state index contributed by atoms with van der Waals surface area (Å²) in [5, 5.41) is 5.51. The summed E-state index contributed by atoms with van der Waals surface area (Å²) in [5.41, 5.74) is 3.13. The summed E-state index contributed by atoms with van der Waals surface area (Å²) < 4.78 is 5.31. The van der Waals surface area contributed by atoms with Gasteiger partial charge < -0.3 is 15.4 Å². The number of aromatic nitrogens is 1. The van der Waals surface area contributed by atoms with Crippen LogP contribution < -0.4 is 15.4 Å². The van der Waals surface area contributed by atoms with Crippen molar-refractivity contribution in [1.29, 1.82) is 0 Å². The molecule has 1 unspecified atom stereocenters. The van der Waals surface area contributed by atoms with Gasteiger partial charge in [-0.2, -0.15) is 0 Å². The number of hydrogen-bond donors (Lipinski definition) is 2. The highest BCUT2D eigenvalue weighted by atomic mass is 16.5. The average Bonchev–Trinajstić information content (AvgIpc) is 2.94. The fourth-order valence-electron chi connectivity index (χ4n) is 4.48. The third-order valence-corrected chi connectivity index (χ3v) is 6.46. The van der Waals surface area contributed by atoms with Crippen molar-refractivity contribution in [2.24, 2.45) is 0 Å². The largest absolute Gasteiger partial charge is 0.496 e. The maximum atomic E-state index is 12.6. The lowest BCUT2D eigenvalue weighted by molar-refractivity contribution is -0.139. The van der Waals surface area contributed by atoms with Crippen molar-refractivity contribution in [3.63, 3.8) is 0 Å². The van der Waals surface area contributed by atoms with Crippen molar-refractivity contribution in [3.05, 3.63) is 95.8 Å². The lowest BCUT2D eigenvalue weighted by Crippen LogP contribution is -2.50. The third-order valence-electron chi connectivity index (χ3n) is 6.46. The Morgan fingerprint density at radius 3 is 2.36 bits per heavy atom. The highest BCUT2D eigenvalue weighted by Crippen LogP contribution is 2.22. The monoisotopic (exact) mass is 487 g/mol. The second-order valence-corrected chi connectivity index (χ2v) is 8.80. The van der Waals surface area contributed by atoms with Crippen LogP contribution in [0.15, 0.2) is 79.1 Å². The summed E-state index contributed by atoms with van der Waals surface area (Å²) in [6.07, 6.45) is 3.57. The van der Waals surface area contributed by atoms with Gasteiger partial charge in [0.2, 0.25) is 0 Å². The van der Waals surface area contributed by atoms with Crippen LogP contribution in [0.3, 0.4) is 0 Å². The molecule has 3 aromatic rings. The number of methoxy groups -OCH3 is 1. The number of pyridine rings is 1. The summed E-state index contributed by atoms with van der Waals surface area (Å²) in [4.78, 5) is 34.1. The minimum Gasteiger partial charge on any atom is -0.496 e. The van der Waals surface area contributed by atoms with E-state index in [4.69, 9.17) is 4.74 Å². The molecule has 2 amide bonds. The molecule has 2 aromatic carbocycles. The van der Waals surface area contributed by atoms with Crippen molar-refractivity contribution >= 4 is 11.8 Å². The van der Waals surface area contributed by atoms with Gasteiger partial charge in [0.15, 0.2) is 0 Å². The number of para-hydroxylation sites is 1. The lowest BCUT2D eigenvalue weighted by atomic mass is 10.1. The first-order valence-electron chi connectivity index (χ1n) is 12.2. The Balaban J connectivity index is 1.32. The van der Waals surface area contributed by atoms with E-state index in [-0.39, 0.29) is 12.6 Å². The Morgan fingerprint density at radius 1 is 0.917 bits per heavy atom. The standard InChI is InChI=1S/C28H33N5O3/c1-36-26-12-6-5-10-24(26)19-30-27(34)28(35)31-20-25(23-11-7-13-29-18-23)33-16-14-32(15-17-33)21-22-8-3-2-4-9-22/h2-13,18,25H,14-17,19-21H2,1H3,(H,30,34)(H,31,35). The quantitative estimate of drug-likeness (QED) is 0.451. The molecule has 1 fully saturated rings. The summed E-state index contributed by atoms with van der Waals surface area (Å²) in [6, 6.07) is 21.7. The van der Waals surface area contributed by atoms with Crippen LogP contribution in [0.1, 0.15) is 22.7 Å². The lowest BCUT2D eigenvalue weighted by Gasteiger charge is -2.39. The molecule has 1 aliphatic rings. The van der Waals surface area contributed by atoms with E-state index >= 15 is 0 Å². The van der Waals surface area contributed by atoms with Crippen molar-refractivity contribution in [2.45, 2.75) is 19.1 Å². The zero-order valence-electron chi connectivity index (χ0n) is 20.6. The molecule has 0 radical (unpaired) electrons. The Labute approximate surface area is 212 Å². The molecule has 1 saturated heterocycles. The van der Waals surface area contributed by atoms with E-state index in [2.05, 4.69) is 49.7 Å². The molecule has 188 valence electrons. The Bertz CT molecular complexity index is 1120. The number of benzene rings is 2.